The summed E-state index contributed by atoms with van der Waals surface area (Å²) in [5, 5.41) is 5.39. The first-order chi connectivity index (χ1) is 10.5. The Bertz CT molecular complexity index is 485. The first-order valence-corrected chi connectivity index (χ1v) is 8.86. The van der Waals surface area contributed by atoms with Gasteiger partial charge in [0.15, 0.2) is 0 Å². The van der Waals surface area contributed by atoms with Gasteiger partial charge in [0.05, 0.1) is 6.54 Å². The summed E-state index contributed by atoms with van der Waals surface area (Å²) >= 11 is 1.44. The Kier molecular flexibility index (Phi) is 8.09. The van der Waals surface area contributed by atoms with Crippen LogP contribution in [0.1, 0.15) is 62.5 Å². The largest absolute Gasteiger partial charge is 0.351 e. The molecule has 0 aliphatic heterocycles. The van der Waals surface area contributed by atoms with Crippen LogP contribution in [0, 0.1) is 5.92 Å². The molecule has 2 amide bonds. The lowest BCUT2D eigenvalue weighted by Crippen LogP contribution is -2.32. The lowest BCUT2D eigenvalue weighted by atomic mass is 10.1. The van der Waals surface area contributed by atoms with Crippen molar-refractivity contribution >= 4 is 23.2 Å². The molecule has 1 rings (SSSR count). The number of amides is 2. The summed E-state index contributed by atoms with van der Waals surface area (Å²) in [6.45, 7) is 10.0. The highest BCUT2D eigenvalue weighted by Crippen LogP contribution is 2.15. The van der Waals surface area contributed by atoms with E-state index in [0.29, 0.717) is 31.1 Å². The summed E-state index contributed by atoms with van der Waals surface area (Å²) in [6.07, 6.45) is 2.37. The van der Waals surface area contributed by atoms with Gasteiger partial charge < -0.3 is 10.2 Å². The second kappa shape index (κ2) is 9.56. The minimum atomic E-state index is -0.139. The Morgan fingerprint density at radius 2 is 2.05 bits per heavy atom. The van der Waals surface area contributed by atoms with Gasteiger partial charge in [-0.2, -0.15) is 0 Å². The summed E-state index contributed by atoms with van der Waals surface area (Å²) < 4.78 is 0. The van der Waals surface area contributed by atoms with Gasteiger partial charge in [-0.25, -0.2) is 4.98 Å². The summed E-state index contributed by atoms with van der Waals surface area (Å²) in [5.74, 6) is 0.363. The van der Waals surface area contributed by atoms with E-state index in [-0.39, 0.29) is 11.8 Å². The Balaban J connectivity index is 2.68. The van der Waals surface area contributed by atoms with Crippen LogP contribution in [0.15, 0.2) is 5.38 Å². The van der Waals surface area contributed by atoms with Crippen molar-refractivity contribution in [2.45, 2.75) is 53.5 Å². The van der Waals surface area contributed by atoms with E-state index in [4.69, 9.17) is 0 Å². The first kappa shape index (κ1) is 18.6. The van der Waals surface area contributed by atoms with E-state index in [1.165, 1.54) is 11.3 Å². The second-order valence-electron chi connectivity index (χ2n) is 5.80. The van der Waals surface area contributed by atoms with Gasteiger partial charge in [-0.15, -0.1) is 11.3 Å². The van der Waals surface area contributed by atoms with Gasteiger partial charge in [-0.3, -0.25) is 9.59 Å². The number of carbonyl (C=O) groups excluding carboxylic acids is 2. The fourth-order valence-electron chi connectivity index (χ4n) is 2.02. The average Bonchev–Trinajstić information content (AvgIpc) is 2.92. The highest BCUT2D eigenvalue weighted by molar-refractivity contribution is 7.09. The first-order valence-electron chi connectivity index (χ1n) is 7.98. The fourth-order valence-corrected chi connectivity index (χ4v) is 2.81. The van der Waals surface area contributed by atoms with E-state index in [1.807, 2.05) is 25.7 Å². The molecular weight excluding hydrogens is 298 g/mol. The van der Waals surface area contributed by atoms with Crippen LogP contribution in [0.25, 0.3) is 0 Å². The van der Waals surface area contributed by atoms with Crippen LogP contribution in [-0.2, 0) is 11.3 Å². The second-order valence-corrected chi connectivity index (χ2v) is 6.74. The molecule has 0 aromatic carbocycles. The molecule has 0 radical (unpaired) electrons. The molecule has 22 heavy (non-hydrogen) atoms. The van der Waals surface area contributed by atoms with Crippen LogP contribution in [0.4, 0.5) is 0 Å². The van der Waals surface area contributed by atoms with E-state index >= 15 is 0 Å². The quantitative estimate of drug-likeness (QED) is 0.759. The topological polar surface area (TPSA) is 62.3 Å². The van der Waals surface area contributed by atoms with E-state index in [2.05, 4.69) is 17.2 Å². The number of nitrogens with one attached hydrogen (secondary N) is 1. The van der Waals surface area contributed by atoms with Crippen LogP contribution in [-0.4, -0.2) is 34.8 Å². The Morgan fingerprint density at radius 1 is 1.32 bits per heavy atom. The van der Waals surface area contributed by atoms with E-state index in [1.54, 1.807) is 5.38 Å². The van der Waals surface area contributed by atoms with Crippen molar-refractivity contribution in [3.8, 4) is 0 Å². The molecule has 0 aliphatic rings. The third kappa shape index (κ3) is 6.13. The molecule has 5 nitrogen and oxygen atoms in total. The molecule has 0 atom stereocenters. The summed E-state index contributed by atoms with van der Waals surface area (Å²) in [7, 11) is 0. The Labute approximate surface area is 137 Å². The van der Waals surface area contributed by atoms with Crippen molar-refractivity contribution in [1.82, 2.24) is 15.2 Å². The van der Waals surface area contributed by atoms with E-state index < -0.39 is 0 Å². The molecule has 0 spiro atoms. The van der Waals surface area contributed by atoms with Gasteiger partial charge >= 0.3 is 0 Å². The average molecular weight is 325 g/mol. The van der Waals surface area contributed by atoms with Gasteiger partial charge in [-0.05, 0) is 18.8 Å². The molecule has 1 heterocycles. The van der Waals surface area contributed by atoms with Gasteiger partial charge in [0.1, 0.15) is 10.7 Å². The van der Waals surface area contributed by atoms with Crippen LogP contribution < -0.4 is 5.32 Å². The van der Waals surface area contributed by atoms with E-state index in [0.717, 1.165) is 24.4 Å². The number of aromatic nitrogens is 1. The van der Waals surface area contributed by atoms with Crippen LogP contribution in [0.5, 0.6) is 0 Å². The number of rotatable bonds is 9. The Morgan fingerprint density at radius 3 is 2.64 bits per heavy atom. The van der Waals surface area contributed by atoms with Gasteiger partial charge in [-0.1, -0.05) is 27.7 Å². The standard InChI is InChI=1S/C16H27N3O2S/c1-5-7-17-16(21)13-11-22-14(18-13)10-19(8-6-2)15(20)9-12(3)4/h11-12H,5-10H2,1-4H3,(H,17,21). The van der Waals surface area contributed by atoms with Crippen molar-refractivity contribution in [2.24, 2.45) is 5.92 Å². The molecule has 1 aromatic heterocycles. The van der Waals surface area contributed by atoms with Gasteiger partial charge in [0.2, 0.25) is 5.91 Å². The molecular formula is C16H27N3O2S. The summed E-state index contributed by atoms with van der Waals surface area (Å²) in [6, 6.07) is 0. The molecule has 1 N–H and O–H groups in total. The van der Waals surface area contributed by atoms with Gasteiger partial charge in [0.25, 0.3) is 5.91 Å². The van der Waals surface area contributed by atoms with E-state index in [9.17, 15) is 9.59 Å². The smallest absolute Gasteiger partial charge is 0.270 e. The third-order valence-corrected chi connectivity index (χ3v) is 3.91. The number of hydrogen-bond acceptors (Lipinski definition) is 4. The molecule has 0 bridgehead atoms. The van der Waals surface area contributed by atoms with Crippen LogP contribution >= 0.6 is 11.3 Å². The normalized spacial score (nSPS) is 10.8. The molecule has 0 aliphatic carbocycles. The van der Waals surface area contributed by atoms with Crippen molar-refractivity contribution in [2.75, 3.05) is 13.1 Å². The van der Waals surface area contributed by atoms with Crippen molar-refractivity contribution in [3.63, 3.8) is 0 Å². The highest BCUT2D eigenvalue weighted by Gasteiger charge is 2.17. The fraction of sp³-hybridized carbons (Fsp3) is 0.688. The van der Waals surface area contributed by atoms with Gasteiger partial charge in [0, 0.05) is 24.9 Å². The van der Waals surface area contributed by atoms with Crippen molar-refractivity contribution in [1.29, 1.82) is 0 Å². The zero-order valence-electron chi connectivity index (χ0n) is 14.0. The molecule has 124 valence electrons. The lowest BCUT2D eigenvalue weighted by molar-refractivity contribution is -0.132. The number of nitrogens with zero attached hydrogens (tertiary/aromatic N) is 2. The lowest BCUT2D eigenvalue weighted by Gasteiger charge is -2.22. The van der Waals surface area contributed by atoms with Crippen LogP contribution in [0.2, 0.25) is 0 Å². The number of thiazole rings is 1. The monoisotopic (exact) mass is 325 g/mol. The SMILES string of the molecule is CCCNC(=O)c1csc(CN(CCC)C(=O)CC(C)C)n1. The molecule has 6 heteroatoms. The van der Waals surface area contributed by atoms with Crippen molar-refractivity contribution < 1.29 is 9.59 Å². The van der Waals surface area contributed by atoms with Crippen LogP contribution in [0.3, 0.4) is 0 Å². The predicted octanol–water partition coefficient (Wildman–Crippen LogP) is 3.07. The molecule has 0 saturated heterocycles. The highest BCUT2D eigenvalue weighted by atomic mass is 32.1. The number of carbonyl (C=O) groups is 2. The number of hydrogen-bond donors (Lipinski definition) is 1. The molecule has 0 saturated carbocycles. The maximum absolute atomic E-state index is 12.3. The predicted molar refractivity (Wildman–Crippen MR) is 89.9 cm³/mol. The summed E-state index contributed by atoms with van der Waals surface area (Å²) in [5.41, 5.74) is 0.446. The Hall–Kier alpha value is -1.43. The molecule has 0 unspecified atom stereocenters. The maximum Gasteiger partial charge on any atom is 0.270 e. The summed E-state index contributed by atoms with van der Waals surface area (Å²) in [4.78, 5) is 30.3. The molecule has 1 aromatic rings. The third-order valence-electron chi connectivity index (χ3n) is 3.08. The molecule has 0 fully saturated rings. The zero-order valence-corrected chi connectivity index (χ0v) is 14.8. The minimum absolute atomic E-state index is 0.139. The minimum Gasteiger partial charge on any atom is -0.351 e. The van der Waals surface area contributed by atoms with Crippen molar-refractivity contribution in [3.05, 3.63) is 16.1 Å². The zero-order chi connectivity index (χ0) is 16.5. The maximum atomic E-state index is 12.3.